The molecule has 0 N–H and O–H groups in total. The molecule has 1 fully saturated rings. The number of benzene rings is 1. The molecule has 0 aliphatic carbocycles. The molecule has 1 saturated heterocycles. The van der Waals surface area contributed by atoms with Crippen molar-refractivity contribution >= 4 is 8.32 Å². The van der Waals surface area contributed by atoms with Crippen LogP contribution in [0.4, 0.5) is 4.39 Å². The quantitative estimate of drug-likeness (QED) is 0.530. The van der Waals surface area contributed by atoms with Gasteiger partial charge in [0.05, 0.1) is 6.04 Å². The normalized spacial score (nSPS) is 24.1. The summed E-state index contributed by atoms with van der Waals surface area (Å²) in [7, 11) is -2.29. The standard InChI is InChI=1S/C21H36FNO3Si/c1-8-21(22,26-27(6,7)20(3,4)5)18-15-19(24-9-2)25-23(18)16-17-13-11-10-12-14-17/h10-14,18-19H,8-9,15-16H2,1-7H3. The van der Waals surface area contributed by atoms with Crippen LogP contribution in [0.5, 0.6) is 0 Å². The molecule has 3 atom stereocenters. The van der Waals surface area contributed by atoms with Gasteiger partial charge in [0.25, 0.3) is 0 Å². The molecule has 0 aromatic heterocycles. The van der Waals surface area contributed by atoms with Gasteiger partial charge in [-0.25, -0.2) is 4.39 Å². The zero-order chi connectivity index (χ0) is 20.3. The minimum atomic E-state index is -2.29. The summed E-state index contributed by atoms with van der Waals surface area (Å²) in [6.45, 7) is 15.4. The number of hydroxylamine groups is 2. The van der Waals surface area contributed by atoms with Crippen molar-refractivity contribution in [3.05, 3.63) is 35.9 Å². The molecule has 6 heteroatoms. The molecule has 2 rings (SSSR count). The first kappa shape index (κ1) is 22.5. The lowest BCUT2D eigenvalue weighted by atomic mass is 10.0. The predicted molar refractivity (Wildman–Crippen MR) is 109 cm³/mol. The van der Waals surface area contributed by atoms with Gasteiger partial charge in [-0.15, -0.1) is 0 Å². The van der Waals surface area contributed by atoms with Crippen molar-refractivity contribution in [2.24, 2.45) is 0 Å². The Hall–Kier alpha value is -0.793. The van der Waals surface area contributed by atoms with E-state index in [4.69, 9.17) is 14.0 Å². The fourth-order valence-electron chi connectivity index (χ4n) is 3.11. The Morgan fingerprint density at radius 3 is 2.33 bits per heavy atom. The number of alkyl halides is 1. The lowest BCUT2D eigenvalue weighted by Crippen LogP contribution is -2.55. The summed E-state index contributed by atoms with van der Waals surface area (Å²) in [5.41, 5.74) is 1.07. The van der Waals surface area contributed by atoms with Gasteiger partial charge in [0.2, 0.25) is 5.85 Å². The van der Waals surface area contributed by atoms with Crippen LogP contribution in [0.1, 0.15) is 53.0 Å². The Morgan fingerprint density at radius 1 is 1.19 bits per heavy atom. The molecule has 1 heterocycles. The molecule has 1 aromatic carbocycles. The van der Waals surface area contributed by atoms with E-state index in [1.807, 2.05) is 44.2 Å². The Morgan fingerprint density at radius 2 is 1.81 bits per heavy atom. The minimum Gasteiger partial charge on any atom is -0.385 e. The molecule has 1 aromatic rings. The van der Waals surface area contributed by atoms with E-state index in [2.05, 4.69) is 33.9 Å². The number of nitrogens with zero attached hydrogens (tertiary/aromatic N) is 1. The van der Waals surface area contributed by atoms with Crippen molar-refractivity contribution in [2.45, 2.75) is 90.3 Å². The first-order chi connectivity index (χ1) is 12.5. The smallest absolute Gasteiger partial charge is 0.218 e. The number of rotatable bonds is 8. The number of ether oxygens (including phenoxy) is 1. The molecule has 4 nitrogen and oxygen atoms in total. The number of halogens is 1. The van der Waals surface area contributed by atoms with Crippen LogP contribution in [-0.2, 0) is 20.5 Å². The summed E-state index contributed by atoms with van der Waals surface area (Å²) in [6.07, 6.45) is 0.297. The molecule has 0 saturated carbocycles. The topological polar surface area (TPSA) is 30.9 Å². The first-order valence-electron chi connectivity index (χ1n) is 10.0. The second kappa shape index (κ2) is 8.70. The van der Waals surface area contributed by atoms with E-state index in [-0.39, 0.29) is 11.5 Å². The van der Waals surface area contributed by atoms with E-state index in [9.17, 15) is 0 Å². The third-order valence-electron chi connectivity index (χ3n) is 5.76. The molecule has 27 heavy (non-hydrogen) atoms. The summed E-state index contributed by atoms with van der Waals surface area (Å²) >= 11 is 0. The summed E-state index contributed by atoms with van der Waals surface area (Å²) in [4.78, 5) is 5.97. The second-order valence-corrected chi connectivity index (χ2v) is 13.5. The molecule has 0 bridgehead atoms. The summed E-state index contributed by atoms with van der Waals surface area (Å²) < 4.78 is 28.2. The fourth-order valence-corrected chi connectivity index (χ4v) is 4.54. The largest absolute Gasteiger partial charge is 0.385 e. The molecule has 0 amide bonds. The summed E-state index contributed by atoms with van der Waals surface area (Å²) in [5.74, 6) is -1.77. The lowest BCUT2D eigenvalue weighted by Gasteiger charge is -2.44. The van der Waals surface area contributed by atoms with Crippen LogP contribution in [0.3, 0.4) is 0 Å². The molecule has 0 spiro atoms. The van der Waals surface area contributed by atoms with Gasteiger partial charge in [-0.05, 0) is 30.6 Å². The fraction of sp³-hybridized carbons (Fsp3) is 0.714. The van der Waals surface area contributed by atoms with Crippen LogP contribution in [0, 0.1) is 0 Å². The predicted octanol–water partition coefficient (Wildman–Crippen LogP) is 5.65. The zero-order valence-electron chi connectivity index (χ0n) is 17.9. The van der Waals surface area contributed by atoms with Crippen LogP contribution < -0.4 is 0 Å². The van der Waals surface area contributed by atoms with Crippen LogP contribution in [-0.4, -0.2) is 38.2 Å². The van der Waals surface area contributed by atoms with Crippen molar-refractivity contribution in [1.82, 2.24) is 5.06 Å². The third kappa shape index (κ3) is 5.39. The van der Waals surface area contributed by atoms with Crippen molar-refractivity contribution in [3.8, 4) is 0 Å². The highest BCUT2D eigenvalue weighted by molar-refractivity contribution is 6.74. The third-order valence-corrected chi connectivity index (χ3v) is 10.2. The van der Waals surface area contributed by atoms with Gasteiger partial charge in [0.1, 0.15) is 0 Å². The minimum absolute atomic E-state index is 0.0669. The van der Waals surface area contributed by atoms with Crippen LogP contribution in [0.25, 0.3) is 0 Å². The van der Waals surface area contributed by atoms with E-state index >= 15 is 4.39 Å². The maximum absolute atomic E-state index is 16.3. The van der Waals surface area contributed by atoms with Crippen molar-refractivity contribution in [3.63, 3.8) is 0 Å². The van der Waals surface area contributed by atoms with Gasteiger partial charge in [0, 0.05) is 26.0 Å². The van der Waals surface area contributed by atoms with E-state index in [0.717, 1.165) is 5.56 Å². The Kier molecular flexibility index (Phi) is 7.25. The average molecular weight is 398 g/mol. The highest BCUT2D eigenvalue weighted by atomic mass is 28.4. The number of hydrogen-bond donors (Lipinski definition) is 0. The van der Waals surface area contributed by atoms with Gasteiger partial charge >= 0.3 is 0 Å². The van der Waals surface area contributed by atoms with E-state index in [1.165, 1.54) is 0 Å². The average Bonchev–Trinajstić information content (AvgIpc) is 2.98. The maximum Gasteiger partial charge on any atom is 0.218 e. The van der Waals surface area contributed by atoms with Crippen LogP contribution in [0.2, 0.25) is 18.1 Å². The molecule has 1 aliphatic rings. The van der Waals surface area contributed by atoms with E-state index < -0.39 is 26.5 Å². The van der Waals surface area contributed by atoms with Gasteiger partial charge in [0.15, 0.2) is 14.6 Å². The molecular weight excluding hydrogens is 361 g/mol. The lowest BCUT2D eigenvalue weighted by molar-refractivity contribution is -0.265. The van der Waals surface area contributed by atoms with E-state index in [0.29, 0.717) is 19.6 Å². The van der Waals surface area contributed by atoms with Crippen LogP contribution in [0.15, 0.2) is 30.3 Å². The van der Waals surface area contributed by atoms with Gasteiger partial charge < -0.3 is 9.16 Å². The Labute approximate surface area is 165 Å². The second-order valence-electron chi connectivity index (χ2n) is 8.80. The molecule has 1 aliphatic heterocycles. The van der Waals surface area contributed by atoms with Gasteiger partial charge in [-0.2, -0.15) is 5.06 Å². The molecule has 154 valence electrons. The Bertz CT molecular complexity index is 593. The zero-order valence-corrected chi connectivity index (χ0v) is 18.9. The van der Waals surface area contributed by atoms with Crippen molar-refractivity contribution in [2.75, 3.05) is 6.61 Å². The first-order valence-corrected chi connectivity index (χ1v) is 12.9. The molecule has 3 unspecified atom stereocenters. The van der Waals surface area contributed by atoms with Crippen molar-refractivity contribution < 1.29 is 18.4 Å². The van der Waals surface area contributed by atoms with Crippen LogP contribution >= 0.6 is 0 Å². The van der Waals surface area contributed by atoms with Gasteiger partial charge in [-0.1, -0.05) is 58.0 Å². The number of hydrogen-bond acceptors (Lipinski definition) is 4. The molecule has 0 radical (unpaired) electrons. The SMILES string of the molecule is CCOC1CC(C(F)(CC)O[Si](C)(C)C(C)(C)C)N(Cc2ccccc2)O1. The summed E-state index contributed by atoms with van der Waals surface area (Å²) in [5, 5.41) is 1.66. The summed E-state index contributed by atoms with van der Waals surface area (Å²) in [6, 6.07) is 9.48. The highest BCUT2D eigenvalue weighted by Gasteiger charge is 2.53. The molecular formula is C21H36FNO3Si. The maximum atomic E-state index is 16.3. The Balaban J connectivity index is 2.27. The van der Waals surface area contributed by atoms with Crippen molar-refractivity contribution in [1.29, 1.82) is 0 Å². The highest BCUT2D eigenvalue weighted by Crippen LogP contribution is 2.44. The van der Waals surface area contributed by atoms with E-state index in [1.54, 1.807) is 5.06 Å². The van der Waals surface area contributed by atoms with Gasteiger partial charge in [-0.3, -0.25) is 4.84 Å². The monoisotopic (exact) mass is 397 g/mol.